The molecular formula is C14H20N2O2. The van der Waals surface area contributed by atoms with Crippen LogP contribution < -0.4 is 10.2 Å². The number of aryl methyl sites for hydroxylation is 1. The Hall–Kier alpha value is -1.55. The van der Waals surface area contributed by atoms with E-state index in [4.69, 9.17) is 4.74 Å². The van der Waals surface area contributed by atoms with Crippen LogP contribution in [0.25, 0.3) is 0 Å². The van der Waals surface area contributed by atoms with E-state index in [9.17, 15) is 4.79 Å². The van der Waals surface area contributed by atoms with Crippen LogP contribution in [-0.2, 0) is 11.2 Å². The molecule has 0 spiro atoms. The predicted octanol–water partition coefficient (Wildman–Crippen LogP) is 1.45. The van der Waals surface area contributed by atoms with E-state index in [-0.39, 0.29) is 5.91 Å². The van der Waals surface area contributed by atoms with E-state index in [2.05, 4.69) is 17.3 Å². The Labute approximate surface area is 108 Å². The number of ether oxygens (including phenoxy) is 1. The first-order chi connectivity index (χ1) is 8.72. The quantitative estimate of drug-likeness (QED) is 0.820. The van der Waals surface area contributed by atoms with Crippen molar-refractivity contribution in [2.24, 2.45) is 0 Å². The maximum absolute atomic E-state index is 11.9. The second-order valence-electron chi connectivity index (χ2n) is 4.62. The molecule has 4 nitrogen and oxygen atoms in total. The molecule has 0 bridgehead atoms. The zero-order valence-corrected chi connectivity index (χ0v) is 11.0. The van der Waals surface area contributed by atoms with Gasteiger partial charge in [-0.15, -0.1) is 0 Å². The molecule has 2 rings (SSSR count). The number of nitrogens with zero attached hydrogens (tertiary/aromatic N) is 1. The molecule has 1 aliphatic rings. The van der Waals surface area contributed by atoms with E-state index in [1.54, 1.807) is 7.11 Å². The van der Waals surface area contributed by atoms with Crippen LogP contribution in [0.3, 0.4) is 0 Å². The summed E-state index contributed by atoms with van der Waals surface area (Å²) in [5, 5.41) is 2.84. The molecule has 98 valence electrons. The first kappa shape index (κ1) is 12.9. The summed E-state index contributed by atoms with van der Waals surface area (Å²) in [7, 11) is 3.72. The van der Waals surface area contributed by atoms with E-state index < -0.39 is 0 Å². The topological polar surface area (TPSA) is 41.6 Å². The summed E-state index contributed by atoms with van der Waals surface area (Å²) in [5.74, 6) is -0.0249. The van der Waals surface area contributed by atoms with E-state index in [1.165, 1.54) is 11.3 Å². The number of hydrogen-bond acceptors (Lipinski definition) is 3. The van der Waals surface area contributed by atoms with Crippen LogP contribution in [0.4, 0.5) is 5.69 Å². The molecule has 1 aromatic carbocycles. The average Bonchev–Trinajstić information content (AvgIpc) is 2.39. The van der Waals surface area contributed by atoms with Crippen LogP contribution in [0.1, 0.15) is 22.3 Å². The average molecular weight is 248 g/mol. The van der Waals surface area contributed by atoms with Crippen LogP contribution in [0.2, 0.25) is 0 Å². The van der Waals surface area contributed by atoms with Crippen LogP contribution >= 0.6 is 0 Å². The van der Waals surface area contributed by atoms with Crippen molar-refractivity contribution in [3.05, 3.63) is 29.3 Å². The summed E-state index contributed by atoms with van der Waals surface area (Å²) in [6.07, 6.45) is 2.21. The fourth-order valence-electron chi connectivity index (χ4n) is 2.30. The molecule has 0 fully saturated rings. The van der Waals surface area contributed by atoms with Crippen molar-refractivity contribution >= 4 is 11.6 Å². The summed E-state index contributed by atoms with van der Waals surface area (Å²) < 4.78 is 4.91. The number of nitrogens with one attached hydrogen (secondary N) is 1. The molecule has 0 saturated carbocycles. The second kappa shape index (κ2) is 5.87. The van der Waals surface area contributed by atoms with Gasteiger partial charge in [-0.05, 0) is 36.6 Å². The van der Waals surface area contributed by atoms with E-state index in [0.717, 1.165) is 24.9 Å². The molecule has 1 heterocycles. The lowest BCUT2D eigenvalue weighted by Crippen LogP contribution is -2.28. The van der Waals surface area contributed by atoms with E-state index in [0.29, 0.717) is 13.2 Å². The lowest BCUT2D eigenvalue weighted by Gasteiger charge is -2.27. The van der Waals surface area contributed by atoms with Gasteiger partial charge in [0.25, 0.3) is 5.91 Å². The zero-order chi connectivity index (χ0) is 13.0. The number of methoxy groups -OCH3 is 1. The van der Waals surface area contributed by atoms with E-state index >= 15 is 0 Å². The van der Waals surface area contributed by atoms with E-state index in [1.807, 2.05) is 18.2 Å². The summed E-state index contributed by atoms with van der Waals surface area (Å²) >= 11 is 0. The van der Waals surface area contributed by atoms with Crippen molar-refractivity contribution in [1.29, 1.82) is 0 Å². The summed E-state index contributed by atoms with van der Waals surface area (Å²) in [4.78, 5) is 14.1. The Balaban J connectivity index is 2.08. The molecular weight excluding hydrogens is 228 g/mol. The normalized spacial score (nSPS) is 14.2. The number of amides is 1. The fourth-order valence-corrected chi connectivity index (χ4v) is 2.30. The fraction of sp³-hybridized carbons (Fsp3) is 0.500. The van der Waals surface area contributed by atoms with Crippen molar-refractivity contribution < 1.29 is 9.53 Å². The monoisotopic (exact) mass is 248 g/mol. The molecule has 0 unspecified atom stereocenters. The van der Waals surface area contributed by atoms with Crippen molar-refractivity contribution in [2.45, 2.75) is 12.8 Å². The van der Waals surface area contributed by atoms with Gasteiger partial charge in [0.15, 0.2) is 0 Å². The molecule has 1 aromatic rings. The van der Waals surface area contributed by atoms with Gasteiger partial charge in [0.1, 0.15) is 0 Å². The third kappa shape index (κ3) is 2.82. The molecule has 0 aromatic heterocycles. The molecule has 0 atom stereocenters. The first-order valence-electron chi connectivity index (χ1n) is 6.33. The smallest absolute Gasteiger partial charge is 0.251 e. The zero-order valence-electron chi connectivity index (χ0n) is 11.0. The molecule has 1 aliphatic heterocycles. The predicted molar refractivity (Wildman–Crippen MR) is 72.2 cm³/mol. The van der Waals surface area contributed by atoms with Gasteiger partial charge in [0.2, 0.25) is 0 Å². The second-order valence-corrected chi connectivity index (χ2v) is 4.62. The number of fused-ring (bicyclic) bond motifs is 1. The SMILES string of the molecule is COCCNC(=O)c1ccc2c(c1)CCCN2C. The Morgan fingerprint density at radius 2 is 2.33 bits per heavy atom. The number of hydrogen-bond donors (Lipinski definition) is 1. The largest absolute Gasteiger partial charge is 0.383 e. The highest BCUT2D eigenvalue weighted by Crippen LogP contribution is 2.26. The molecule has 4 heteroatoms. The molecule has 1 amide bonds. The van der Waals surface area contributed by atoms with Crippen LogP contribution in [0, 0.1) is 0 Å². The number of carbonyl (C=O) groups is 1. The molecule has 0 saturated heterocycles. The lowest BCUT2D eigenvalue weighted by atomic mass is 9.99. The Morgan fingerprint density at radius 1 is 1.50 bits per heavy atom. The highest BCUT2D eigenvalue weighted by atomic mass is 16.5. The molecule has 0 aliphatic carbocycles. The number of anilines is 1. The third-order valence-corrected chi connectivity index (χ3v) is 3.28. The molecule has 0 radical (unpaired) electrons. The minimum atomic E-state index is -0.0249. The number of carbonyl (C=O) groups excluding carboxylic acids is 1. The van der Waals surface area contributed by atoms with Crippen LogP contribution in [-0.4, -0.2) is 39.8 Å². The summed E-state index contributed by atoms with van der Waals surface area (Å²) in [5.41, 5.74) is 3.25. The first-order valence-corrected chi connectivity index (χ1v) is 6.33. The van der Waals surface area contributed by atoms with Gasteiger partial charge in [0, 0.05) is 38.5 Å². The number of benzene rings is 1. The minimum absolute atomic E-state index is 0.0249. The van der Waals surface area contributed by atoms with Crippen molar-refractivity contribution in [3.8, 4) is 0 Å². The van der Waals surface area contributed by atoms with Crippen LogP contribution in [0.5, 0.6) is 0 Å². The summed E-state index contributed by atoms with van der Waals surface area (Å²) in [6, 6.07) is 5.94. The Kier molecular flexibility index (Phi) is 4.20. The van der Waals surface area contributed by atoms with Gasteiger partial charge < -0.3 is 15.0 Å². The molecule has 1 N–H and O–H groups in total. The van der Waals surface area contributed by atoms with Crippen molar-refractivity contribution in [2.75, 3.05) is 38.8 Å². The highest BCUT2D eigenvalue weighted by molar-refractivity contribution is 5.95. The third-order valence-electron chi connectivity index (χ3n) is 3.28. The van der Waals surface area contributed by atoms with Crippen LogP contribution in [0.15, 0.2) is 18.2 Å². The Morgan fingerprint density at radius 3 is 3.11 bits per heavy atom. The highest BCUT2D eigenvalue weighted by Gasteiger charge is 2.15. The van der Waals surface area contributed by atoms with Gasteiger partial charge in [-0.2, -0.15) is 0 Å². The van der Waals surface area contributed by atoms with Gasteiger partial charge in [-0.3, -0.25) is 4.79 Å². The van der Waals surface area contributed by atoms with Gasteiger partial charge in [-0.1, -0.05) is 0 Å². The van der Waals surface area contributed by atoms with Crippen molar-refractivity contribution in [1.82, 2.24) is 5.32 Å². The lowest BCUT2D eigenvalue weighted by molar-refractivity contribution is 0.0937. The standard InChI is InChI=1S/C14H20N2O2/c1-16-8-3-4-11-10-12(5-6-13(11)16)14(17)15-7-9-18-2/h5-6,10H,3-4,7-9H2,1-2H3,(H,15,17). The molecule has 18 heavy (non-hydrogen) atoms. The Bertz CT molecular complexity index is 432. The summed E-state index contributed by atoms with van der Waals surface area (Å²) in [6.45, 7) is 2.18. The van der Waals surface area contributed by atoms with Gasteiger partial charge >= 0.3 is 0 Å². The number of rotatable bonds is 4. The maximum atomic E-state index is 11.9. The minimum Gasteiger partial charge on any atom is -0.383 e. The maximum Gasteiger partial charge on any atom is 0.251 e. The van der Waals surface area contributed by atoms with Gasteiger partial charge in [0.05, 0.1) is 6.61 Å². The van der Waals surface area contributed by atoms with Crippen molar-refractivity contribution in [3.63, 3.8) is 0 Å². The van der Waals surface area contributed by atoms with Gasteiger partial charge in [-0.25, -0.2) is 0 Å².